The van der Waals surface area contributed by atoms with Crippen molar-refractivity contribution < 1.29 is 17.9 Å². The quantitative estimate of drug-likeness (QED) is 0.818. The molecule has 0 aliphatic rings. The third-order valence-corrected chi connectivity index (χ3v) is 4.57. The van der Waals surface area contributed by atoms with Crippen LogP contribution in [0, 0.1) is 6.92 Å². The van der Waals surface area contributed by atoms with E-state index in [0.29, 0.717) is 12.4 Å². The number of hydrogen-bond donors (Lipinski definition) is 1. The van der Waals surface area contributed by atoms with E-state index in [1.165, 1.54) is 14.2 Å². The first-order chi connectivity index (χ1) is 9.63. The first-order valence-electron chi connectivity index (χ1n) is 6.81. The highest BCUT2D eigenvalue weighted by Gasteiger charge is 2.27. The number of hydrogen-bond acceptors (Lipinski definition) is 4. The van der Waals surface area contributed by atoms with Crippen LogP contribution in [0.1, 0.15) is 31.9 Å². The Labute approximate surface area is 127 Å². The lowest BCUT2D eigenvalue weighted by Crippen LogP contribution is -2.28. The summed E-state index contributed by atoms with van der Waals surface area (Å²) in [5, 5.41) is 0. The molecule has 5 nitrogen and oxygen atoms in total. The minimum absolute atomic E-state index is 0.172. The van der Waals surface area contributed by atoms with Crippen LogP contribution in [0.5, 0.6) is 5.75 Å². The first kappa shape index (κ1) is 17.9. The van der Waals surface area contributed by atoms with E-state index in [1.54, 1.807) is 6.07 Å². The van der Waals surface area contributed by atoms with E-state index in [4.69, 9.17) is 9.47 Å². The molecule has 0 amide bonds. The van der Waals surface area contributed by atoms with Gasteiger partial charge in [-0.1, -0.05) is 26.8 Å². The van der Waals surface area contributed by atoms with Crippen molar-refractivity contribution in [3.8, 4) is 5.75 Å². The van der Waals surface area contributed by atoms with Gasteiger partial charge < -0.3 is 9.47 Å². The molecule has 120 valence electrons. The summed E-state index contributed by atoms with van der Waals surface area (Å²) < 4.78 is 37.7. The maximum absolute atomic E-state index is 12.5. The lowest BCUT2D eigenvalue weighted by atomic mass is 9.85. The van der Waals surface area contributed by atoms with Crippen LogP contribution in [0.15, 0.2) is 17.0 Å². The summed E-state index contributed by atoms with van der Waals surface area (Å²) in [4.78, 5) is 0.172. The topological polar surface area (TPSA) is 64.6 Å². The fourth-order valence-electron chi connectivity index (χ4n) is 2.06. The second-order valence-corrected chi connectivity index (χ2v) is 7.72. The summed E-state index contributed by atoms with van der Waals surface area (Å²) in [6.07, 6.45) is 0. The molecule has 0 heterocycles. The van der Waals surface area contributed by atoms with Gasteiger partial charge in [0.25, 0.3) is 0 Å². The molecule has 0 spiro atoms. The Bertz CT molecular complexity index is 588. The molecule has 0 aliphatic carbocycles. The smallest absolute Gasteiger partial charge is 0.244 e. The van der Waals surface area contributed by atoms with Crippen molar-refractivity contribution in [1.82, 2.24) is 4.72 Å². The second kappa shape index (κ2) is 6.77. The van der Waals surface area contributed by atoms with Crippen molar-refractivity contribution in [2.45, 2.75) is 38.0 Å². The Kier molecular flexibility index (Phi) is 5.78. The summed E-state index contributed by atoms with van der Waals surface area (Å²) in [6, 6.07) is 3.59. The molecule has 1 aromatic rings. The van der Waals surface area contributed by atoms with Crippen LogP contribution >= 0.6 is 0 Å². The zero-order chi connectivity index (χ0) is 16.3. The molecule has 21 heavy (non-hydrogen) atoms. The molecule has 0 radical (unpaired) electrons. The Morgan fingerprint density at radius 2 is 1.81 bits per heavy atom. The van der Waals surface area contributed by atoms with Crippen LogP contribution in [-0.4, -0.2) is 35.8 Å². The Morgan fingerprint density at radius 3 is 2.29 bits per heavy atom. The van der Waals surface area contributed by atoms with E-state index in [1.807, 2.05) is 33.8 Å². The van der Waals surface area contributed by atoms with Gasteiger partial charge in [0.1, 0.15) is 10.6 Å². The van der Waals surface area contributed by atoms with Gasteiger partial charge in [0, 0.05) is 19.2 Å². The number of aryl methyl sites for hydroxylation is 1. The van der Waals surface area contributed by atoms with Gasteiger partial charge in [-0.3, -0.25) is 0 Å². The number of nitrogens with one attached hydrogen (secondary N) is 1. The summed E-state index contributed by atoms with van der Waals surface area (Å²) >= 11 is 0. The molecule has 0 atom stereocenters. The van der Waals surface area contributed by atoms with Crippen LogP contribution in [0.3, 0.4) is 0 Å². The fourth-order valence-corrected chi connectivity index (χ4v) is 3.35. The van der Waals surface area contributed by atoms with Gasteiger partial charge in [-0.2, -0.15) is 0 Å². The summed E-state index contributed by atoms with van der Waals surface area (Å²) in [5.41, 5.74) is 1.54. The number of methoxy groups -OCH3 is 2. The first-order valence-corrected chi connectivity index (χ1v) is 8.29. The Hall–Kier alpha value is -1.11. The maximum Gasteiger partial charge on any atom is 0.244 e. The monoisotopic (exact) mass is 315 g/mol. The third-order valence-electron chi connectivity index (χ3n) is 3.10. The Balaban J connectivity index is 3.39. The van der Waals surface area contributed by atoms with Crippen LogP contribution < -0.4 is 9.46 Å². The van der Waals surface area contributed by atoms with Crippen molar-refractivity contribution in [2.24, 2.45) is 0 Å². The van der Waals surface area contributed by atoms with Gasteiger partial charge in [-0.15, -0.1) is 0 Å². The van der Waals surface area contributed by atoms with E-state index < -0.39 is 10.0 Å². The van der Waals surface area contributed by atoms with Gasteiger partial charge in [0.05, 0.1) is 13.7 Å². The van der Waals surface area contributed by atoms with Gasteiger partial charge in [-0.25, -0.2) is 13.1 Å². The number of ether oxygens (including phenoxy) is 2. The maximum atomic E-state index is 12.5. The van der Waals surface area contributed by atoms with Gasteiger partial charge >= 0.3 is 0 Å². The van der Waals surface area contributed by atoms with Crippen LogP contribution in [0.25, 0.3) is 0 Å². The van der Waals surface area contributed by atoms with Crippen LogP contribution in [0.2, 0.25) is 0 Å². The molecule has 0 bridgehead atoms. The van der Waals surface area contributed by atoms with Gasteiger partial charge in [-0.05, 0) is 24.0 Å². The van der Waals surface area contributed by atoms with Crippen LogP contribution in [-0.2, 0) is 20.2 Å². The van der Waals surface area contributed by atoms with E-state index in [0.717, 1.165) is 11.1 Å². The predicted octanol–water partition coefficient (Wildman–Crippen LogP) is 2.23. The molecule has 6 heteroatoms. The molecular weight excluding hydrogens is 290 g/mol. The summed E-state index contributed by atoms with van der Waals surface area (Å²) in [5.74, 6) is 0.401. The fraction of sp³-hybridized carbons (Fsp3) is 0.600. The van der Waals surface area contributed by atoms with Crippen molar-refractivity contribution in [2.75, 3.05) is 27.4 Å². The third kappa shape index (κ3) is 4.43. The average molecular weight is 315 g/mol. The molecule has 0 saturated carbocycles. The molecule has 0 aromatic heterocycles. The SMILES string of the molecule is COCCNS(=O)(=O)c1cc(C)cc(C(C)(C)C)c1OC. The van der Waals surface area contributed by atoms with E-state index in [9.17, 15) is 8.42 Å². The zero-order valence-corrected chi connectivity index (χ0v) is 14.4. The number of rotatable bonds is 6. The molecule has 1 rings (SSSR count). The highest BCUT2D eigenvalue weighted by Crippen LogP contribution is 2.37. The minimum atomic E-state index is -3.64. The predicted molar refractivity (Wildman–Crippen MR) is 83.5 cm³/mol. The highest BCUT2D eigenvalue weighted by molar-refractivity contribution is 7.89. The molecule has 0 saturated heterocycles. The summed E-state index contributed by atoms with van der Waals surface area (Å²) in [7, 11) is -0.614. The van der Waals surface area contributed by atoms with Crippen molar-refractivity contribution in [3.05, 3.63) is 23.3 Å². The minimum Gasteiger partial charge on any atom is -0.495 e. The summed E-state index contributed by atoms with van der Waals surface area (Å²) in [6.45, 7) is 8.50. The Morgan fingerprint density at radius 1 is 1.19 bits per heavy atom. The van der Waals surface area contributed by atoms with E-state index >= 15 is 0 Å². The second-order valence-electron chi connectivity index (χ2n) is 5.98. The zero-order valence-electron chi connectivity index (χ0n) is 13.6. The van der Waals surface area contributed by atoms with E-state index in [2.05, 4.69) is 4.72 Å². The molecule has 1 N–H and O–H groups in total. The molecule has 0 fully saturated rings. The lowest BCUT2D eigenvalue weighted by molar-refractivity contribution is 0.204. The van der Waals surface area contributed by atoms with E-state index in [-0.39, 0.29) is 16.9 Å². The number of sulfonamides is 1. The normalized spacial score (nSPS) is 12.5. The molecule has 0 unspecified atom stereocenters. The lowest BCUT2D eigenvalue weighted by Gasteiger charge is -2.24. The van der Waals surface area contributed by atoms with Crippen LogP contribution in [0.4, 0.5) is 0 Å². The molecule has 1 aromatic carbocycles. The largest absolute Gasteiger partial charge is 0.495 e. The van der Waals surface area contributed by atoms with Crippen molar-refractivity contribution in [3.63, 3.8) is 0 Å². The standard InChI is InChI=1S/C15H25NO4S/c1-11-9-12(15(2,3)4)14(20-6)13(10-11)21(17,18)16-7-8-19-5/h9-10,16H,7-8H2,1-6H3. The number of benzene rings is 1. The molecule has 0 aliphatic heterocycles. The highest BCUT2D eigenvalue weighted by atomic mass is 32.2. The average Bonchev–Trinajstić information content (AvgIpc) is 2.37. The van der Waals surface area contributed by atoms with Gasteiger partial charge in [0.2, 0.25) is 10.0 Å². The van der Waals surface area contributed by atoms with Crippen molar-refractivity contribution in [1.29, 1.82) is 0 Å². The molecular formula is C15H25NO4S. The van der Waals surface area contributed by atoms with Gasteiger partial charge in [0.15, 0.2) is 0 Å². The van der Waals surface area contributed by atoms with Crippen molar-refractivity contribution >= 4 is 10.0 Å².